The Labute approximate surface area is 192 Å². The summed E-state index contributed by atoms with van der Waals surface area (Å²) in [7, 11) is 0. The second-order valence-electron chi connectivity index (χ2n) is 5.22. The fourth-order valence-corrected chi connectivity index (χ4v) is 1.67. The van der Waals surface area contributed by atoms with Crippen LogP contribution in [0.25, 0.3) is 0 Å². The number of Topliss-reactive ketones (excluding diaryl/α,β-unsaturated/α-hetero) is 1. The van der Waals surface area contributed by atoms with E-state index in [-0.39, 0.29) is 56.7 Å². The van der Waals surface area contributed by atoms with Gasteiger partial charge in [0.1, 0.15) is 25.9 Å². The summed E-state index contributed by atoms with van der Waals surface area (Å²) in [6.45, 7) is 6.01. The molecule has 1 unspecified atom stereocenters. The van der Waals surface area contributed by atoms with Gasteiger partial charge in [-0.25, -0.2) is 15.5 Å². The molecular weight excluding hydrogens is 524 g/mol. The minimum absolute atomic E-state index is 0. The van der Waals surface area contributed by atoms with Crippen LogP contribution in [0.15, 0.2) is 0 Å². The molecule has 0 fully saturated rings. The van der Waals surface area contributed by atoms with Crippen LogP contribution in [0.4, 0.5) is 9.59 Å². The Morgan fingerprint density at radius 1 is 1.04 bits per heavy atom. The van der Waals surface area contributed by atoms with Gasteiger partial charge in [-0.1, -0.05) is 6.92 Å². The van der Waals surface area contributed by atoms with Crippen LogP contribution < -0.4 is 16.5 Å². The number of ether oxygens (including phenoxy) is 3. The molecule has 0 spiro atoms. The number of halogens is 1. The predicted molar refractivity (Wildman–Crippen MR) is 108 cm³/mol. The number of hydrogen-bond acceptors (Lipinski definition) is 8. The molecule has 1 radical (unpaired) electrons. The van der Waals surface area contributed by atoms with Crippen molar-refractivity contribution in [3.8, 4) is 0 Å². The van der Waals surface area contributed by atoms with Gasteiger partial charge in [-0.05, 0) is 20.3 Å². The Hall–Kier alpha value is -0.596. The fraction of sp³-hybridized carbons (Fsp3) is 0.750. The number of carbonyl (C=O) groups excluding carboxylic acids is 3. The Bertz CT molecular complexity index is 398. The molecule has 0 aromatic carbocycles. The van der Waals surface area contributed by atoms with Gasteiger partial charge in [-0.15, -0.1) is 0 Å². The van der Waals surface area contributed by atoms with Crippen LogP contribution >= 0.6 is 22.6 Å². The Balaban J connectivity index is -0.00000201. The average molecular weight is 555 g/mol. The molecule has 0 aliphatic carbocycles. The molecule has 2 amide bonds. The topological polar surface area (TPSA) is 138 Å². The van der Waals surface area contributed by atoms with Crippen LogP contribution in [0, 0.1) is 10.8 Å². The first-order valence-electron chi connectivity index (χ1n) is 8.48. The van der Waals surface area contributed by atoms with Crippen molar-refractivity contribution in [3.05, 3.63) is 4.93 Å². The maximum Gasteiger partial charge on any atom is 0.407 e. The van der Waals surface area contributed by atoms with Crippen molar-refractivity contribution in [1.29, 1.82) is 0 Å². The summed E-state index contributed by atoms with van der Waals surface area (Å²) in [6, 6.07) is 0. The molecule has 165 valence electrons. The van der Waals surface area contributed by atoms with E-state index in [9.17, 15) is 14.4 Å². The van der Waals surface area contributed by atoms with Crippen LogP contribution in [0.3, 0.4) is 0 Å². The van der Waals surface area contributed by atoms with Gasteiger partial charge in [0.05, 0.1) is 0 Å². The molecular formula is C16H31IN3O7V-. The zero-order chi connectivity index (χ0) is 21.1. The first kappa shape index (κ1) is 32.1. The van der Waals surface area contributed by atoms with E-state index < -0.39 is 18.3 Å². The van der Waals surface area contributed by atoms with E-state index in [0.717, 1.165) is 0 Å². The largest absolute Gasteiger partial charge is 0.447 e. The number of nitrogens with one attached hydrogen (secondary N) is 2. The Morgan fingerprint density at radius 3 is 1.89 bits per heavy atom. The van der Waals surface area contributed by atoms with Crippen molar-refractivity contribution >= 4 is 40.6 Å². The van der Waals surface area contributed by atoms with Crippen LogP contribution in [0.1, 0.15) is 27.2 Å². The molecule has 0 aromatic heterocycles. The number of carbonyl (C=O) groups is 3. The molecule has 28 heavy (non-hydrogen) atoms. The van der Waals surface area contributed by atoms with Crippen molar-refractivity contribution in [3.63, 3.8) is 0 Å². The molecule has 0 rings (SSSR count). The standard InChI is InChI=1S/C15H29N3O7.CH2I.V/c1-4-17-14(20)23-8-12(9-24-15(21)18-5-2)22-7-6-11(3)13(19)10-25-16;1-2;/h11-12H,4-10,16H2,1-3H3,(H,17,20)(H,18,21);1H2;/q;-1;. The van der Waals surface area contributed by atoms with Gasteiger partial charge in [-0.2, -0.15) is 0 Å². The van der Waals surface area contributed by atoms with E-state index in [1.54, 1.807) is 20.8 Å². The van der Waals surface area contributed by atoms with Crippen LogP contribution in [0.2, 0.25) is 0 Å². The number of rotatable bonds is 13. The predicted octanol–water partition coefficient (Wildman–Crippen LogP) is 1.56. The van der Waals surface area contributed by atoms with E-state index in [4.69, 9.17) is 20.1 Å². The van der Waals surface area contributed by atoms with E-state index in [2.05, 4.69) is 20.4 Å². The van der Waals surface area contributed by atoms with Crippen molar-refractivity contribution in [2.45, 2.75) is 33.3 Å². The molecule has 0 bridgehead atoms. The second-order valence-corrected chi connectivity index (χ2v) is 5.22. The number of nitrogens with two attached hydrogens (primary N) is 1. The smallest absolute Gasteiger partial charge is 0.407 e. The van der Waals surface area contributed by atoms with Crippen LogP contribution in [-0.4, -0.2) is 63.6 Å². The van der Waals surface area contributed by atoms with Crippen molar-refractivity contribution in [2.24, 2.45) is 11.8 Å². The summed E-state index contributed by atoms with van der Waals surface area (Å²) in [5, 5.41) is 4.96. The maximum atomic E-state index is 11.6. The van der Waals surface area contributed by atoms with E-state index in [0.29, 0.717) is 19.5 Å². The van der Waals surface area contributed by atoms with Crippen LogP contribution in [-0.2, 0) is 42.4 Å². The number of alkyl carbamates (subject to hydrolysis) is 2. The summed E-state index contributed by atoms with van der Waals surface area (Å²) in [5.41, 5.74) is 0. The van der Waals surface area contributed by atoms with Gasteiger partial charge in [0, 0.05) is 44.2 Å². The van der Waals surface area contributed by atoms with E-state index >= 15 is 0 Å². The molecule has 10 nitrogen and oxygen atoms in total. The SMILES string of the molecule is CCNC(=O)OCC(COC(=O)NCC)OCCC(C)C(=O)CON.[CH2-]I.[V]. The zero-order valence-corrected chi connectivity index (χ0v) is 20.1. The third-order valence-corrected chi connectivity index (χ3v) is 3.12. The molecule has 0 heterocycles. The zero-order valence-electron chi connectivity index (χ0n) is 16.6. The number of ketones is 1. The quantitative estimate of drug-likeness (QED) is 0.177. The normalized spacial score (nSPS) is 10.7. The van der Waals surface area contributed by atoms with Gasteiger partial charge in [0.2, 0.25) is 0 Å². The van der Waals surface area contributed by atoms with Crippen molar-refractivity contribution in [2.75, 3.05) is 39.5 Å². The monoisotopic (exact) mass is 555 g/mol. The summed E-state index contributed by atoms with van der Waals surface area (Å²) in [6.07, 6.45) is -1.38. The molecule has 0 saturated heterocycles. The Kier molecular flexibility index (Phi) is 26.0. The summed E-state index contributed by atoms with van der Waals surface area (Å²) >= 11 is 1.90. The van der Waals surface area contributed by atoms with E-state index in [1.807, 2.05) is 22.6 Å². The summed E-state index contributed by atoms with van der Waals surface area (Å²) in [4.78, 5) is 41.8. The second kappa shape index (κ2) is 22.7. The number of amides is 2. The third-order valence-electron chi connectivity index (χ3n) is 3.12. The Morgan fingerprint density at radius 2 is 1.50 bits per heavy atom. The minimum atomic E-state index is -0.640. The maximum absolute atomic E-state index is 11.6. The van der Waals surface area contributed by atoms with Gasteiger partial charge < -0.3 is 47.4 Å². The fourth-order valence-electron chi connectivity index (χ4n) is 1.67. The van der Waals surface area contributed by atoms with Crippen LogP contribution in [0.5, 0.6) is 0 Å². The van der Waals surface area contributed by atoms with Gasteiger partial charge in [0.25, 0.3) is 0 Å². The van der Waals surface area contributed by atoms with Gasteiger partial charge >= 0.3 is 12.2 Å². The summed E-state index contributed by atoms with van der Waals surface area (Å²) < 4.78 is 15.5. The molecule has 0 saturated carbocycles. The molecule has 0 aromatic rings. The third kappa shape index (κ3) is 18.8. The first-order chi connectivity index (χ1) is 12.9. The summed E-state index contributed by atoms with van der Waals surface area (Å²) in [5.74, 6) is 4.44. The molecule has 4 N–H and O–H groups in total. The first-order valence-corrected chi connectivity index (χ1v) is 10.0. The van der Waals surface area contributed by atoms with E-state index in [1.165, 1.54) is 0 Å². The average Bonchev–Trinajstić information content (AvgIpc) is 2.65. The molecule has 0 aliphatic rings. The molecule has 12 heteroatoms. The number of hydrogen-bond donors (Lipinski definition) is 3. The molecule has 0 aliphatic heterocycles. The van der Waals surface area contributed by atoms with Crippen molar-refractivity contribution in [1.82, 2.24) is 10.6 Å². The van der Waals surface area contributed by atoms with Crippen molar-refractivity contribution < 1.29 is 52.0 Å². The minimum Gasteiger partial charge on any atom is -0.447 e. The van der Waals surface area contributed by atoms with Gasteiger partial charge in [-0.3, -0.25) is 14.6 Å². The molecule has 1 atom stereocenters. The van der Waals surface area contributed by atoms with Gasteiger partial charge in [0.15, 0.2) is 5.78 Å².